The Bertz CT molecular complexity index is 2740. The van der Waals surface area contributed by atoms with Crippen molar-refractivity contribution in [2.75, 3.05) is 25.4 Å². The molecule has 39 heteroatoms. The molecule has 424 valence electrons. The number of rotatable bonds is 16. The summed E-state index contributed by atoms with van der Waals surface area (Å²) in [6.07, 6.45) is 6.34. The summed E-state index contributed by atoms with van der Waals surface area (Å²) in [5.74, 6) is -5.25. The van der Waals surface area contributed by atoms with Crippen LogP contribution in [-0.4, -0.2) is 58.6 Å². The second kappa shape index (κ2) is 45.5. The number of nitrogens with zero attached hydrogens (tertiary/aromatic N) is 5. The summed E-state index contributed by atoms with van der Waals surface area (Å²) in [6, 6.07) is 11.9. The fourth-order valence-electron chi connectivity index (χ4n) is 4.45. The van der Waals surface area contributed by atoms with E-state index in [1.165, 1.54) is 23.8 Å². The quantitative estimate of drug-likeness (QED) is 0.0105. The molecule has 77 heavy (non-hydrogen) atoms. The van der Waals surface area contributed by atoms with Gasteiger partial charge in [-0.3, -0.25) is 31.1 Å². The molecule has 4 aromatic carbocycles. The molecule has 0 aliphatic heterocycles. The maximum Gasteiger partial charge on any atom is 1.00 e. The predicted molar refractivity (Wildman–Crippen MR) is 290 cm³/mol. The second-order valence-corrected chi connectivity index (χ2v) is 23.7. The van der Waals surface area contributed by atoms with E-state index in [1.807, 2.05) is 14.2 Å². The molecule has 0 spiro atoms. The topological polar surface area (TPSA) is 438 Å². The molecular formula is C38H41Cl7F3N11NaO12PS4-4. The molecule has 4 atom stereocenters. The Kier molecular flexibility index (Phi) is 48.8. The molecule has 1 amide bonds. The van der Waals surface area contributed by atoms with Crippen molar-refractivity contribution < 1.29 is 97.0 Å². The van der Waals surface area contributed by atoms with Gasteiger partial charge in [-0.1, -0.05) is 86.9 Å². The average Bonchev–Trinajstić information content (AvgIpc) is 3.27. The fraction of sp³-hybridized carbons (Fsp3) is 0.263. The van der Waals surface area contributed by atoms with Crippen molar-refractivity contribution in [1.82, 2.24) is 0 Å². The van der Waals surface area contributed by atoms with Gasteiger partial charge in [0.05, 0.1) is 71.2 Å². The number of carboxylic acid groups (broad SMARTS) is 1. The fourth-order valence-corrected chi connectivity index (χ4v) is 6.90. The van der Waals surface area contributed by atoms with Gasteiger partial charge in [0.2, 0.25) is 0 Å². The summed E-state index contributed by atoms with van der Waals surface area (Å²) in [4.78, 5) is 22.7. The van der Waals surface area contributed by atoms with Gasteiger partial charge >= 0.3 is 40.7 Å². The van der Waals surface area contributed by atoms with E-state index in [0.29, 0.717) is 10.6 Å². The molecule has 0 aliphatic rings. The van der Waals surface area contributed by atoms with Gasteiger partial charge in [0.1, 0.15) is 23.5 Å². The van der Waals surface area contributed by atoms with Crippen molar-refractivity contribution in [2.45, 2.75) is 59.8 Å². The predicted octanol–water partition coefficient (Wildman–Crippen LogP) is 8.94. The number of primary amides is 1. The number of benzene rings is 4. The number of anilines is 4. The van der Waals surface area contributed by atoms with Gasteiger partial charge in [-0.15, -0.1) is 0 Å². The standard InChI is InChI=1S/C12H15ClN2O2S.C7H6ClFN2O3S.C7H4ClFN2O2S.C7H5ClFNO4S.C4H11N.CH4.Cl3OP.N3.Na/c1-2-3-4-5-9-6-11(13)12(15-18(16)17)7-10(9)8-14;8-4-2-5(9)3(7(10)12)1-6(4)11-15(13)14;8-5-2-6(9)4(3-10)1-7(5)11-14(12)13;8-4-2-5(9)3(7(11)12)1-6(4)10-15(13)14;1-2-3-4-5;;1-5(2,3)4;1-3-2;/h6-7,15H,2-5H2,1H3,(H,16,17);1-2,11H,(H2,10,12)(H,13,14);1-2,11H,(H,12,13);1-2,10H,(H,11,12)(H,13,14);2-5H2,1H3;1H4;;;/q;;;;;;;-1;+1/p-4. The van der Waals surface area contributed by atoms with Crippen LogP contribution in [0.15, 0.2) is 48.5 Å². The molecule has 4 unspecified atom stereocenters. The van der Waals surface area contributed by atoms with Gasteiger partial charge in [-0.05, 0) is 114 Å². The zero-order valence-electron chi connectivity index (χ0n) is 38.8. The maximum absolute atomic E-state index is 13.1. The van der Waals surface area contributed by atoms with Crippen LogP contribution in [0.5, 0.6) is 0 Å². The molecule has 0 radical (unpaired) electrons. The van der Waals surface area contributed by atoms with Crippen molar-refractivity contribution in [1.29, 1.82) is 10.5 Å². The summed E-state index contributed by atoms with van der Waals surface area (Å²) in [5, 5.41) is 22.6. The maximum atomic E-state index is 13.1. The van der Waals surface area contributed by atoms with Gasteiger partial charge in [0.15, 0.2) is 0 Å². The number of aryl methyl sites for hydroxylation is 1. The van der Waals surface area contributed by atoms with Crippen LogP contribution in [0.3, 0.4) is 0 Å². The van der Waals surface area contributed by atoms with Gasteiger partial charge < -0.3 is 64.7 Å². The third-order valence-corrected chi connectivity index (χ3v) is 10.3. The number of aromatic carboxylic acids is 1. The number of nitriles is 2. The monoisotopic (exact) mass is 1330 g/mol. The number of amides is 1. The van der Waals surface area contributed by atoms with Crippen molar-refractivity contribution in [2.24, 2.45) is 11.5 Å². The second-order valence-electron chi connectivity index (χ2n) is 12.8. The zero-order valence-corrected chi connectivity index (χ0v) is 50.2. The van der Waals surface area contributed by atoms with E-state index in [4.69, 9.17) is 84.6 Å². The molecule has 0 bridgehead atoms. The smallest absolute Gasteiger partial charge is 0.755 e. The molecule has 23 nitrogen and oxygen atoms in total. The Labute approximate surface area is 506 Å². The van der Waals surface area contributed by atoms with Gasteiger partial charge in [0, 0.05) is 45.1 Å². The minimum absolute atomic E-state index is 0. The minimum Gasteiger partial charge on any atom is -0.755 e. The van der Waals surface area contributed by atoms with Crippen LogP contribution in [0.2, 0.25) is 20.1 Å². The largest absolute Gasteiger partial charge is 1.00 e. The SMILES string of the molecule is C.CCCCCc1cc(Cl)c(NS(=O)[O-])cc1C#N.CCCCN.N#Cc1cc(NS(=O)[O-])c(Cl)cc1F.NC(=O)c1cc(NS(=O)[O-])c(Cl)cc1F.O=C(O)c1cc(NS(=O)[O-])c(Cl)cc1F.O=P(Cl)(Cl)Cl.[N-]=[N+]=[N-].[Na+]. The number of carbonyl (C=O) groups excluding carboxylic acids is 1. The van der Waals surface area contributed by atoms with Crippen LogP contribution in [0.1, 0.15) is 90.8 Å². The first kappa shape index (κ1) is 82.6. The van der Waals surface area contributed by atoms with Crippen molar-refractivity contribution in [3.05, 3.63) is 130 Å². The number of carboxylic acids is 1. The van der Waals surface area contributed by atoms with Crippen molar-refractivity contribution in [3.8, 4) is 12.1 Å². The number of hydrogen-bond acceptors (Lipinski definition) is 14. The number of unbranched alkanes of at least 4 members (excludes halogenated alkanes) is 3. The molecule has 0 saturated carbocycles. The normalized spacial score (nSPS) is 11.1. The van der Waals surface area contributed by atoms with E-state index in [-0.39, 0.29) is 80.4 Å². The zero-order chi connectivity index (χ0) is 58.8. The summed E-state index contributed by atoms with van der Waals surface area (Å²) in [7, 11) is 0. The molecule has 4 rings (SSSR count). The Morgan fingerprint density at radius 2 is 0.974 bits per heavy atom. The van der Waals surface area contributed by atoms with E-state index >= 15 is 0 Å². The van der Waals surface area contributed by atoms with E-state index in [1.54, 1.807) is 12.1 Å². The van der Waals surface area contributed by atoms with Crippen LogP contribution in [0.4, 0.5) is 35.9 Å². The summed E-state index contributed by atoms with van der Waals surface area (Å²) in [6.45, 7) is 5.08. The number of hydrogen-bond donors (Lipinski definition) is 7. The Morgan fingerprint density at radius 1 is 0.662 bits per heavy atom. The van der Waals surface area contributed by atoms with E-state index in [2.05, 4.69) is 58.4 Å². The minimum atomic E-state index is -3.22. The molecule has 0 fully saturated rings. The van der Waals surface area contributed by atoms with Crippen LogP contribution in [0.25, 0.3) is 16.0 Å². The van der Waals surface area contributed by atoms with Crippen LogP contribution < -0.4 is 59.9 Å². The number of halogens is 10. The summed E-state index contributed by atoms with van der Waals surface area (Å²) < 4.78 is 139. The van der Waals surface area contributed by atoms with E-state index < -0.39 is 90.7 Å². The molecule has 0 heterocycles. The van der Waals surface area contributed by atoms with Crippen molar-refractivity contribution >= 4 is 165 Å². The van der Waals surface area contributed by atoms with Crippen LogP contribution in [0, 0.1) is 40.1 Å². The van der Waals surface area contributed by atoms with Gasteiger partial charge in [0.25, 0.3) is 5.91 Å². The summed E-state index contributed by atoms with van der Waals surface area (Å²) in [5.41, 5.74) is 23.4. The van der Waals surface area contributed by atoms with Gasteiger partial charge in [-0.25, -0.2) is 18.0 Å². The first-order valence-electron chi connectivity index (χ1n) is 19.2. The first-order valence-corrected chi connectivity index (χ1v) is 29.5. The van der Waals surface area contributed by atoms with Crippen molar-refractivity contribution in [3.63, 3.8) is 0 Å². The average molecular weight is 1330 g/mol. The number of nitrogens with two attached hydrogens (primary N) is 2. The third kappa shape index (κ3) is 39.7. The Balaban J connectivity index is -0.000000276. The Hall–Kier alpha value is -3.24. The van der Waals surface area contributed by atoms with Gasteiger partial charge in [-0.2, -0.15) is 10.5 Å². The first-order chi connectivity index (χ1) is 34.8. The number of carbonyl (C=O) groups is 2. The van der Waals surface area contributed by atoms with Crippen LogP contribution in [-0.2, 0) is 56.1 Å². The molecular weight excluding hydrogens is 1290 g/mol. The van der Waals surface area contributed by atoms with Crippen LogP contribution >= 0.6 is 85.3 Å². The molecule has 0 aliphatic carbocycles. The molecule has 4 aromatic rings. The van der Waals surface area contributed by atoms with E-state index in [0.717, 1.165) is 74.2 Å². The Morgan fingerprint density at radius 3 is 1.27 bits per heavy atom. The summed E-state index contributed by atoms with van der Waals surface area (Å²) >= 11 is 26.1. The molecule has 0 saturated heterocycles. The molecule has 0 aromatic heterocycles. The third-order valence-electron chi connectivity index (χ3n) is 7.48. The molecule has 9 N–H and O–H groups in total. The van der Waals surface area contributed by atoms with E-state index in [9.17, 15) is 62.4 Å². The number of nitrogens with one attached hydrogen (secondary N) is 4.